The minimum atomic E-state index is -0.577. The Morgan fingerprint density at radius 3 is 2.65 bits per heavy atom. The molecule has 0 unspecified atom stereocenters. The summed E-state index contributed by atoms with van der Waals surface area (Å²) >= 11 is 0. The Hall–Kier alpha value is -2.05. The van der Waals surface area contributed by atoms with Crippen LogP contribution in [0.1, 0.15) is 18.1 Å². The first-order valence-electron chi connectivity index (χ1n) is 7.57. The molecule has 1 atom stereocenters. The van der Waals surface area contributed by atoms with E-state index in [0.29, 0.717) is 18.1 Å². The normalized spacial score (nSPS) is 13.7. The van der Waals surface area contributed by atoms with Crippen molar-refractivity contribution in [2.45, 2.75) is 20.0 Å². The molecule has 23 heavy (non-hydrogen) atoms. The molecule has 0 saturated heterocycles. The number of anilines is 1. The first-order valence-corrected chi connectivity index (χ1v) is 7.57. The number of aromatic nitrogens is 1. The maximum Gasteiger partial charge on any atom is 0.161 e. The lowest BCUT2D eigenvalue weighted by atomic mass is 10.1. The number of pyridine rings is 1. The summed E-state index contributed by atoms with van der Waals surface area (Å²) in [5.41, 5.74) is 2.02. The van der Waals surface area contributed by atoms with Crippen molar-refractivity contribution in [3.8, 4) is 0 Å². The zero-order valence-electron chi connectivity index (χ0n) is 14.5. The predicted octanol–water partition coefficient (Wildman–Crippen LogP) is 1.92. The second-order valence-corrected chi connectivity index (χ2v) is 5.06. The molecular weight excluding hydrogens is 294 g/mol. The fourth-order valence-corrected chi connectivity index (χ4v) is 2.00. The standard InChI is InChI=1S/C17H27N3O3/c1-6-15(23-11-14(21)10-18-3)16(22-5)8-13-9-20-17(19-4)7-12(13)2/h6-9,14,18,21H,10-11H2,1-5H3,(H,19,20)/b15-6+,16-8+/t14-/m1/s1. The molecule has 0 fully saturated rings. The number of aliphatic hydroxyl groups excluding tert-OH is 1. The molecule has 0 aliphatic heterocycles. The van der Waals surface area contributed by atoms with E-state index in [9.17, 15) is 5.11 Å². The number of allylic oxidation sites excluding steroid dienone is 1. The highest BCUT2D eigenvalue weighted by atomic mass is 16.5. The van der Waals surface area contributed by atoms with Gasteiger partial charge in [-0.15, -0.1) is 0 Å². The molecule has 0 aliphatic rings. The first-order chi connectivity index (χ1) is 11.0. The largest absolute Gasteiger partial charge is 0.493 e. The number of methoxy groups -OCH3 is 1. The van der Waals surface area contributed by atoms with Gasteiger partial charge in [0.15, 0.2) is 11.5 Å². The Morgan fingerprint density at radius 1 is 1.39 bits per heavy atom. The third kappa shape index (κ3) is 5.92. The van der Waals surface area contributed by atoms with Crippen molar-refractivity contribution in [1.29, 1.82) is 0 Å². The van der Waals surface area contributed by atoms with Crippen LogP contribution < -0.4 is 10.6 Å². The Kier molecular flexibility index (Phi) is 8.15. The summed E-state index contributed by atoms with van der Waals surface area (Å²) in [7, 11) is 5.21. The van der Waals surface area contributed by atoms with Crippen LogP contribution in [0.4, 0.5) is 5.82 Å². The fourth-order valence-electron chi connectivity index (χ4n) is 2.00. The summed E-state index contributed by atoms with van der Waals surface area (Å²) in [6.07, 6.45) is 4.89. The molecule has 0 saturated carbocycles. The van der Waals surface area contributed by atoms with Crippen LogP contribution >= 0.6 is 0 Å². The lowest BCUT2D eigenvalue weighted by Crippen LogP contribution is -2.27. The van der Waals surface area contributed by atoms with Crippen LogP contribution in [-0.2, 0) is 9.47 Å². The zero-order chi connectivity index (χ0) is 17.2. The SMILES string of the molecule is C/C=C(OC[C@H](O)CNC)\C(=C/c1cnc(NC)cc1C)OC. The van der Waals surface area contributed by atoms with Crippen LogP contribution in [0, 0.1) is 6.92 Å². The van der Waals surface area contributed by atoms with Crippen molar-refractivity contribution in [3.05, 3.63) is 41.0 Å². The molecule has 0 bridgehead atoms. The maximum absolute atomic E-state index is 9.75. The van der Waals surface area contributed by atoms with E-state index < -0.39 is 6.10 Å². The number of aliphatic hydroxyl groups is 1. The average molecular weight is 321 g/mol. The second kappa shape index (κ2) is 9.86. The van der Waals surface area contributed by atoms with E-state index in [0.717, 1.165) is 16.9 Å². The molecule has 6 nitrogen and oxygen atoms in total. The van der Waals surface area contributed by atoms with Crippen molar-refractivity contribution in [3.63, 3.8) is 0 Å². The molecule has 1 aromatic rings. The molecule has 0 radical (unpaired) electrons. The molecule has 1 aromatic heterocycles. The molecule has 0 spiro atoms. The molecule has 0 amide bonds. The lowest BCUT2D eigenvalue weighted by Gasteiger charge is -2.16. The van der Waals surface area contributed by atoms with Crippen LogP contribution in [0.25, 0.3) is 6.08 Å². The Labute approximate surface area is 138 Å². The van der Waals surface area contributed by atoms with Gasteiger partial charge in [0.25, 0.3) is 0 Å². The van der Waals surface area contributed by atoms with Crippen molar-refractivity contribution in [2.24, 2.45) is 0 Å². The van der Waals surface area contributed by atoms with E-state index in [1.54, 1.807) is 20.4 Å². The van der Waals surface area contributed by atoms with Gasteiger partial charge in [-0.05, 0) is 50.2 Å². The zero-order valence-corrected chi connectivity index (χ0v) is 14.5. The van der Waals surface area contributed by atoms with Gasteiger partial charge in [-0.25, -0.2) is 4.98 Å². The Balaban J connectivity index is 2.91. The summed E-state index contributed by atoms with van der Waals surface area (Å²) < 4.78 is 11.1. The first kappa shape index (κ1) is 19.0. The van der Waals surface area contributed by atoms with E-state index >= 15 is 0 Å². The van der Waals surface area contributed by atoms with E-state index in [2.05, 4.69) is 15.6 Å². The maximum atomic E-state index is 9.75. The van der Waals surface area contributed by atoms with Gasteiger partial charge < -0.3 is 25.2 Å². The third-order valence-electron chi connectivity index (χ3n) is 3.29. The molecule has 0 aromatic carbocycles. The minimum absolute atomic E-state index is 0.192. The molecule has 0 aliphatic carbocycles. The van der Waals surface area contributed by atoms with Crippen LogP contribution in [0.2, 0.25) is 0 Å². The number of nitrogens with one attached hydrogen (secondary N) is 2. The minimum Gasteiger partial charge on any atom is -0.493 e. The van der Waals surface area contributed by atoms with E-state index in [1.807, 2.05) is 39.1 Å². The summed E-state index contributed by atoms with van der Waals surface area (Å²) in [6.45, 7) is 4.53. The van der Waals surface area contributed by atoms with Crippen LogP contribution in [0.3, 0.4) is 0 Å². The second-order valence-electron chi connectivity index (χ2n) is 5.06. The summed E-state index contributed by atoms with van der Waals surface area (Å²) in [5.74, 6) is 1.99. The smallest absolute Gasteiger partial charge is 0.161 e. The number of ether oxygens (including phenoxy) is 2. The van der Waals surface area contributed by atoms with Crippen molar-refractivity contribution in [1.82, 2.24) is 10.3 Å². The highest BCUT2D eigenvalue weighted by molar-refractivity contribution is 5.59. The van der Waals surface area contributed by atoms with Gasteiger partial charge in [-0.2, -0.15) is 0 Å². The number of nitrogens with zero attached hydrogens (tertiary/aromatic N) is 1. The van der Waals surface area contributed by atoms with Gasteiger partial charge in [0.05, 0.1) is 7.11 Å². The van der Waals surface area contributed by atoms with Crippen LogP contribution in [0.5, 0.6) is 0 Å². The number of hydrogen-bond donors (Lipinski definition) is 3. The van der Waals surface area contributed by atoms with E-state index in [-0.39, 0.29) is 6.61 Å². The molecule has 128 valence electrons. The van der Waals surface area contributed by atoms with Gasteiger partial charge in [0, 0.05) is 19.8 Å². The summed E-state index contributed by atoms with van der Waals surface area (Å²) in [5, 5.41) is 15.7. The van der Waals surface area contributed by atoms with E-state index in [4.69, 9.17) is 9.47 Å². The van der Waals surface area contributed by atoms with Crippen LogP contribution in [0.15, 0.2) is 29.9 Å². The van der Waals surface area contributed by atoms with Gasteiger partial charge in [0.2, 0.25) is 0 Å². The molecule has 1 heterocycles. The Morgan fingerprint density at radius 2 is 2.13 bits per heavy atom. The molecule has 6 heteroatoms. The Bertz CT molecular complexity index is 556. The summed E-state index contributed by atoms with van der Waals surface area (Å²) in [4.78, 5) is 4.31. The number of hydrogen-bond acceptors (Lipinski definition) is 6. The van der Waals surface area contributed by atoms with Crippen molar-refractivity contribution in [2.75, 3.05) is 39.7 Å². The average Bonchev–Trinajstić information content (AvgIpc) is 2.55. The van der Waals surface area contributed by atoms with E-state index in [1.165, 1.54) is 0 Å². The van der Waals surface area contributed by atoms with Crippen molar-refractivity contribution >= 4 is 11.9 Å². The third-order valence-corrected chi connectivity index (χ3v) is 3.29. The summed E-state index contributed by atoms with van der Waals surface area (Å²) in [6, 6.07) is 1.96. The number of likely N-dealkylation sites (N-methyl/N-ethyl adjacent to an activating group) is 1. The van der Waals surface area contributed by atoms with Gasteiger partial charge in [-0.3, -0.25) is 0 Å². The van der Waals surface area contributed by atoms with Gasteiger partial charge >= 0.3 is 0 Å². The molecular formula is C17H27N3O3. The molecule has 3 N–H and O–H groups in total. The number of rotatable bonds is 9. The monoisotopic (exact) mass is 321 g/mol. The number of aryl methyl sites for hydroxylation is 1. The molecule has 1 rings (SSSR count). The van der Waals surface area contributed by atoms with Gasteiger partial charge in [-0.1, -0.05) is 0 Å². The predicted molar refractivity (Wildman–Crippen MR) is 93.1 cm³/mol. The topological polar surface area (TPSA) is 75.6 Å². The van der Waals surface area contributed by atoms with Gasteiger partial charge in [0.1, 0.15) is 18.5 Å². The fraction of sp³-hybridized carbons (Fsp3) is 0.471. The quantitative estimate of drug-likeness (QED) is 0.476. The lowest BCUT2D eigenvalue weighted by molar-refractivity contribution is 0.0672. The van der Waals surface area contributed by atoms with Crippen LogP contribution in [-0.4, -0.2) is 50.6 Å². The highest BCUT2D eigenvalue weighted by Gasteiger charge is 2.11. The van der Waals surface area contributed by atoms with Crippen molar-refractivity contribution < 1.29 is 14.6 Å². The highest BCUT2D eigenvalue weighted by Crippen LogP contribution is 2.20.